The maximum atomic E-state index is 3.31. The van der Waals surface area contributed by atoms with Crippen LogP contribution in [0.25, 0.3) is 34.0 Å². The molecule has 2 atom stereocenters. The molecule has 0 radical (unpaired) electrons. The molecule has 1 fully saturated rings. The summed E-state index contributed by atoms with van der Waals surface area (Å²) in [5, 5.41) is 2.49. The topological polar surface area (TPSA) is 34.8 Å². The molecule has 46 heavy (non-hydrogen) atoms. The number of fused-ring (bicyclic) bond motifs is 4. The number of allylic oxidation sites excluding steroid dienone is 8. The number of nitrogens with one attached hydrogen (secondary N) is 2. The van der Waals surface area contributed by atoms with Crippen LogP contribution >= 0.6 is 0 Å². The Hall–Kier alpha value is -5.06. The van der Waals surface area contributed by atoms with Crippen LogP contribution in [0.4, 0.5) is 0 Å². The van der Waals surface area contributed by atoms with Gasteiger partial charge in [-0.15, -0.1) is 0 Å². The minimum Gasteiger partial charge on any atom is -0.361 e. The van der Waals surface area contributed by atoms with Gasteiger partial charge < -0.3 is 14.9 Å². The molecule has 4 nitrogen and oxygen atoms in total. The van der Waals surface area contributed by atoms with Crippen molar-refractivity contribution in [3.8, 4) is 0 Å². The largest absolute Gasteiger partial charge is 0.361 e. The highest BCUT2D eigenvalue weighted by Crippen LogP contribution is 2.54. The number of nitrogens with zero attached hydrogens (tertiary/aromatic N) is 2. The third-order valence-electron chi connectivity index (χ3n) is 10.7. The number of quaternary nitrogens is 1. The highest BCUT2D eigenvalue weighted by molar-refractivity contribution is 5.83. The molecule has 4 heteroatoms. The molecule has 0 amide bonds. The lowest BCUT2D eigenvalue weighted by molar-refractivity contribution is -0.876. The Balaban J connectivity index is 1.09. The summed E-state index contributed by atoms with van der Waals surface area (Å²) in [6.07, 6.45) is 41.7. The van der Waals surface area contributed by atoms with Crippen LogP contribution in [0.1, 0.15) is 49.7 Å². The molecule has 5 aliphatic rings. The van der Waals surface area contributed by atoms with Gasteiger partial charge in [0.05, 0.1) is 12.7 Å². The zero-order valence-electron chi connectivity index (χ0n) is 26.1. The fourth-order valence-electron chi connectivity index (χ4n) is 8.49. The molecule has 0 bridgehead atoms. The summed E-state index contributed by atoms with van der Waals surface area (Å²) < 4.78 is 0.878. The Morgan fingerprint density at radius 3 is 2.48 bits per heavy atom. The molecule has 4 aliphatic heterocycles. The summed E-state index contributed by atoms with van der Waals surface area (Å²) in [6.45, 7) is 1.13. The number of hydrogen-bond donors (Lipinski definition) is 2. The van der Waals surface area contributed by atoms with E-state index in [4.69, 9.17) is 0 Å². The van der Waals surface area contributed by atoms with E-state index in [1.165, 1.54) is 62.5 Å². The summed E-state index contributed by atoms with van der Waals surface area (Å²) in [5.74, 6) is 0. The van der Waals surface area contributed by atoms with E-state index < -0.39 is 0 Å². The Kier molecular flexibility index (Phi) is 6.39. The number of aromatic nitrogens is 2. The molecule has 6 heterocycles. The van der Waals surface area contributed by atoms with Crippen LogP contribution in [-0.4, -0.2) is 31.4 Å². The third-order valence-corrected chi connectivity index (χ3v) is 10.7. The fourth-order valence-corrected chi connectivity index (χ4v) is 8.49. The maximum Gasteiger partial charge on any atom is 0.153 e. The van der Waals surface area contributed by atoms with Gasteiger partial charge in [0.1, 0.15) is 6.20 Å². The summed E-state index contributed by atoms with van der Waals surface area (Å²) in [5.41, 5.74) is 12.0. The van der Waals surface area contributed by atoms with E-state index in [9.17, 15) is 0 Å². The first-order valence-electron chi connectivity index (χ1n) is 16.8. The minimum absolute atomic E-state index is 0.0909. The Bertz CT molecular complexity index is 2150. The number of rotatable bonds is 4. The summed E-state index contributed by atoms with van der Waals surface area (Å²) in [4.78, 5) is 8.87. The van der Waals surface area contributed by atoms with Crippen LogP contribution in [-0.2, 0) is 0 Å². The molecular formula is C42H39N4+. The molecule has 2 aromatic heterocycles. The number of hydrogen-bond acceptors (Lipinski definition) is 1. The van der Waals surface area contributed by atoms with Crippen LogP contribution in [0.15, 0.2) is 156 Å². The predicted molar refractivity (Wildman–Crippen MR) is 191 cm³/mol. The summed E-state index contributed by atoms with van der Waals surface area (Å²) in [7, 11) is 0. The Morgan fingerprint density at radius 1 is 0.848 bits per heavy atom. The fraction of sp³-hybridized carbons (Fsp3) is 0.190. The van der Waals surface area contributed by atoms with Crippen LogP contribution in [0, 0.1) is 0 Å². The van der Waals surface area contributed by atoms with E-state index in [-0.39, 0.29) is 5.54 Å². The number of H-pyrrole nitrogens is 2. The first-order valence-corrected chi connectivity index (χ1v) is 16.8. The van der Waals surface area contributed by atoms with Crippen molar-refractivity contribution in [3.63, 3.8) is 0 Å². The Labute approximate surface area is 270 Å². The number of piperidine rings is 1. The molecule has 2 unspecified atom stereocenters. The SMILES string of the molecule is C1=CN(/C=C/c2ccc3[nH]ccc3c2)C=C2C(=C1)CCC1=C2C23C=CC(/C=C/c4ccc5[nH]ccc5c4)=C[N+]2(C=CC1)CCCC3. The van der Waals surface area contributed by atoms with E-state index in [0.29, 0.717) is 0 Å². The molecule has 0 spiro atoms. The van der Waals surface area contributed by atoms with Gasteiger partial charge in [0.25, 0.3) is 0 Å². The zero-order chi connectivity index (χ0) is 30.6. The van der Waals surface area contributed by atoms with Crippen LogP contribution in [0.2, 0.25) is 0 Å². The van der Waals surface area contributed by atoms with Gasteiger partial charge in [0.2, 0.25) is 0 Å². The van der Waals surface area contributed by atoms with Gasteiger partial charge in [-0.1, -0.05) is 29.9 Å². The number of benzene rings is 2. The average molecular weight is 600 g/mol. The van der Waals surface area contributed by atoms with Crippen molar-refractivity contribution in [2.45, 2.75) is 44.1 Å². The first kappa shape index (κ1) is 27.3. The molecule has 4 aromatic rings. The van der Waals surface area contributed by atoms with E-state index in [2.05, 4.69) is 143 Å². The molecule has 1 aliphatic carbocycles. The van der Waals surface area contributed by atoms with Crippen molar-refractivity contribution in [2.75, 3.05) is 6.54 Å². The normalized spacial score (nSPS) is 25.7. The lowest BCUT2D eigenvalue weighted by Gasteiger charge is -2.54. The minimum atomic E-state index is -0.0909. The van der Waals surface area contributed by atoms with Crippen LogP contribution in [0.3, 0.4) is 0 Å². The van der Waals surface area contributed by atoms with Crippen LogP contribution in [0.5, 0.6) is 0 Å². The Morgan fingerprint density at radius 2 is 1.65 bits per heavy atom. The van der Waals surface area contributed by atoms with Crippen molar-refractivity contribution in [3.05, 3.63) is 167 Å². The monoisotopic (exact) mass is 599 g/mol. The summed E-state index contributed by atoms with van der Waals surface area (Å²) in [6, 6.07) is 17.5. The molecular weight excluding hydrogens is 560 g/mol. The maximum absolute atomic E-state index is 3.31. The van der Waals surface area contributed by atoms with Crippen LogP contribution < -0.4 is 0 Å². The van der Waals surface area contributed by atoms with Crippen molar-refractivity contribution >= 4 is 34.0 Å². The van der Waals surface area contributed by atoms with E-state index in [1.807, 2.05) is 12.4 Å². The molecule has 1 saturated heterocycles. The van der Waals surface area contributed by atoms with Gasteiger partial charge in [-0.3, -0.25) is 4.48 Å². The van der Waals surface area contributed by atoms with E-state index in [1.54, 1.807) is 11.1 Å². The van der Waals surface area contributed by atoms with Gasteiger partial charge in [-0.25, -0.2) is 0 Å². The van der Waals surface area contributed by atoms with Crippen molar-refractivity contribution < 1.29 is 4.48 Å². The second-order valence-corrected chi connectivity index (χ2v) is 13.4. The zero-order valence-corrected chi connectivity index (χ0v) is 26.1. The standard InChI is InChI=1S/C42H39N4/c1-2-25-46-26-4-6-35-12-11-34-5-3-23-45(24-18-32-10-14-40-37(28-32)17-22-44-40)29-38(34)41(35)42(46,19-1)20-15-33(30-46)8-7-31-9-13-39-36(27-31)16-21-43-39/h3-5,7-10,13-18,20-24,26-30,43-44H,1-2,6,11-12,19,25H2/q+1/b8-7+,24-18+. The molecule has 0 saturated carbocycles. The number of aromatic amines is 2. The van der Waals surface area contributed by atoms with Gasteiger partial charge >= 0.3 is 0 Å². The second-order valence-electron chi connectivity index (χ2n) is 13.4. The molecule has 2 aromatic carbocycles. The molecule has 9 rings (SSSR count). The lowest BCUT2D eigenvalue weighted by Crippen LogP contribution is -2.62. The molecule has 2 N–H and O–H groups in total. The van der Waals surface area contributed by atoms with Crippen molar-refractivity contribution in [1.29, 1.82) is 0 Å². The lowest BCUT2D eigenvalue weighted by atomic mass is 9.67. The quantitative estimate of drug-likeness (QED) is 0.225. The van der Waals surface area contributed by atoms with Gasteiger partial charge in [-0.05, 0) is 132 Å². The average Bonchev–Trinajstić information content (AvgIpc) is 3.67. The van der Waals surface area contributed by atoms with E-state index >= 15 is 0 Å². The van der Waals surface area contributed by atoms with E-state index in [0.717, 1.165) is 36.7 Å². The predicted octanol–water partition coefficient (Wildman–Crippen LogP) is 10.2. The highest BCUT2D eigenvalue weighted by Gasteiger charge is 2.56. The van der Waals surface area contributed by atoms with Gasteiger partial charge in [0.15, 0.2) is 5.54 Å². The highest BCUT2D eigenvalue weighted by atomic mass is 15.4. The third kappa shape index (κ3) is 4.47. The van der Waals surface area contributed by atoms with Crippen molar-refractivity contribution in [2.24, 2.45) is 0 Å². The smallest absolute Gasteiger partial charge is 0.153 e. The van der Waals surface area contributed by atoms with Crippen molar-refractivity contribution in [1.82, 2.24) is 14.9 Å². The van der Waals surface area contributed by atoms with Gasteiger partial charge in [0, 0.05) is 65.2 Å². The molecule has 226 valence electrons. The second kappa shape index (κ2) is 10.8. The van der Waals surface area contributed by atoms with Gasteiger partial charge in [-0.2, -0.15) is 0 Å². The summed E-state index contributed by atoms with van der Waals surface area (Å²) >= 11 is 0. The first-order chi connectivity index (χ1) is 22.7.